The Hall–Kier alpha value is -3.24. The standard InChI is InChI=1S/C26H34N8O2/c27-22-15-18-16-29-26(31-24(18)34(25(22)35)20-3-1-2-4-20)30-23-6-5-21(17-28-23)32-9-7-19(8-10-32)33-11-13-36-14-12-33/h5-6,15-17,19-20H,1-4,7-14,27H2,(H,28,29,30,31). The van der Waals surface area contributed by atoms with E-state index in [4.69, 9.17) is 15.5 Å². The second-order valence-electron chi connectivity index (χ2n) is 10.1. The first-order valence-electron chi connectivity index (χ1n) is 13.1. The molecule has 36 heavy (non-hydrogen) atoms. The number of hydrogen-bond donors (Lipinski definition) is 2. The molecular weight excluding hydrogens is 456 g/mol. The highest BCUT2D eigenvalue weighted by Crippen LogP contribution is 2.31. The van der Waals surface area contributed by atoms with E-state index in [9.17, 15) is 4.79 Å². The summed E-state index contributed by atoms with van der Waals surface area (Å²) in [5.41, 5.74) is 7.84. The number of aromatic nitrogens is 4. The summed E-state index contributed by atoms with van der Waals surface area (Å²) in [5, 5.41) is 3.98. The van der Waals surface area contributed by atoms with Gasteiger partial charge in [-0.2, -0.15) is 4.98 Å². The normalized spacial score (nSPS) is 20.3. The summed E-state index contributed by atoms with van der Waals surface area (Å²) in [6, 6.07) is 6.52. The van der Waals surface area contributed by atoms with Gasteiger partial charge in [0.1, 0.15) is 11.5 Å². The number of hydrogen-bond acceptors (Lipinski definition) is 9. The van der Waals surface area contributed by atoms with Crippen LogP contribution in [0.3, 0.4) is 0 Å². The Morgan fingerprint density at radius 1 is 0.944 bits per heavy atom. The predicted octanol–water partition coefficient (Wildman–Crippen LogP) is 2.93. The fourth-order valence-corrected chi connectivity index (χ4v) is 5.90. The molecule has 190 valence electrons. The Labute approximate surface area is 210 Å². The highest BCUT2D eigenvalue weighted by molar-refractivity contribution is 5.79. The summed E-state index contributed by atoms with van der Waals surface area (Å²) in [7, 11) is 0. The zero-order valence-electron chi connectivity index (χ0n) is 20.6. The van der Waals surface area contributed by atoms with Crippen molar-refractivity contribution in [2.75, 3.05) is 55.3 Å². The van der Waals surface area contributed by atoms with Crippen LogP contribution in [0, 0.1) is 0 Å². The maximum absolute atomic E-state index is 12.9. The SMILES string of the molecule is Nc1cc2cnc(Nc3ccc(N4CCC(N5CCOCC5)CC4)cn3)nc2n(C2CCCC2)c1=O. The summed E-state index contributed by atoms with van der Waals surface area (Å²) < 4.78 is 7.26. The lowest BCUT2D eigenvalue weighted by Gasteiger charge is -2.40. The van der Waals surface area contributed by atoms with E-state index in [-0.39, 0.29) is 17.3 Å². The van der Waals surface area contributed by atoms with Crippen LogP contribution in [0.4, 0.5) is 23.1 Å². The van der Waals surface area contributed by atoms with E-state index in [2.05, 4.69) is 31.2 Å². The first-order valence-corrected chi connectivity index (χ1v) is 13.1. The van der Waals surface area contributed by atoms with Crippen LogP contribution in [0.1, 0.15) is 44.6 Å². The molecule has 0 amide bonds. The molecule has 0 spiro atoms. The van der Waals surface area contributed by atoms with Crippen LogP contribution in [0.2, 0.25) is 0 Å². The monoisotopic (exact) mass is 490 g/mol. The van der Waals surface area contributed by atoms with E-state index in [1.165, 1.54) is 0 Å². The number of ether oxygens (including phenoxy) is 1. The summed E-state index contributed by atoms with van der Waals surface area (Å²) >= 11 is 0. The molecule has 3 aromatic heterocycles. The molecular formula is C26H34N8O2. The number of nitrogens with zero attached hydrogens (tertiary/aromatic N) is 6. The summed E-state index contributed by atoms with van der Waals surface area (Å²) in [5.74, 6) is 1.09. The van der Waals surface area contributed by atoms with Crippen LogP contribution < -0.4 is 21.5 Å². The van der Waals surface area contributed by atoms with E-state index in [0.717, 1.165) is 89.0 Å². The van der Waals surface area contributed by atoms with Crippen LogP contribution in [-0.4, -0.2) is 69.9 Å². The summed E-state index contributed by atoms with van der Waals surface area (Å²) in [6.07, 6.45) is 10.1. The van der Waals surface area contributed by atoms with Gasteiger partial charge in [0.2, 0.25) is 5.95 Å². The molecule has 3 aromatic rings. The first kappa shape index (κ1) is 23.2. The maximum Gasteiger partial charge on any atom is 0.275 e. The molecule has 5 heterocycles. The lowest BCUT2D eigenvalue weighted by molar-refractivity contribution is 0.0115. The van der Waals surface area contributed by atoms with Gasteiger partial charge in [0.15, 0.2) is 0 Å². The number of piperidine rings is 1. The fraction of sp³-hybridized carbons (Fsp3) is 0.538. The van der Waals surface area contributed by atoms with Crippen LogP contribution in [-0.2, 0) is 4.74 Å². The van der Waals surface area contributed by atoms with Gasteiger partial charge in [-0.1, -0.05) is 12.8 Å². The Kier molecular flexibility index (Phi) is 6.45. The van der Waals surface area contributed by atoms with Gasteiger partial charge in [-0.15, -0.1) is 0 Å². The minimum atomic E-state index is -0.168. The smallest absolute Gasteiger partial charge is 0.275 e. The van der Waals surface area contributed by atoms with Crippen molar-refractivity contribution < 1.29 is 4.74 Å². The molecule has 1 aliphatic carbocycles. The van der Waals surface area contributed by atoms with E-state index in [0.29, 0.717) is 23.5 Å². The minimum Gasteiger partial charge on any atom is -0.394 e. The van der Waals surface area contributed by atoms with Gasteiger partial charge in [0.05, 0.1) is 30.8 Å². The first-order chi connectivity index (χ1) is 17.7. The molecule has 10 heteroatoms. The molecule has 1 saturated carbocycles. The zero-order chi connectivity index (χ0) is 24.5. The molecule has 3 fully saturated rings. The van der Waals surface area contributed by atoms with Gasteiger partial charge in [-0.25, -0.2) is 9.97 Å². The lowest BCUT2D eigenvalue weighted by Crippen LogP contribution is -2.49. The van der Waals surface area contributed by atoms with Crippen LogP contribution in [0.5, 0.6) is 0 Å². The van der Waals surface area contributed by atoms with Gasteiger partial charge in [-0.05, 0) is 43.9 Å². The quantitative estimate of drug-likeness (QED) is 0.557. The van der Waals surface area contributed by atoms with Crippen LogP contribution in [0.15, 0.2) is 35.4 Å². The van der Waals surface area contributed by atoms with Crippen molar-refractivity contribution in [1.29, 1.82) is 0 Å². The molecule has 3 aliphatic rings. The van der Waals surface area contributed by atoms with Gasteiger partial charge in [0.25, 0.3) is 5.56 Å². The minimum absolute atomic E-state index is 0.135. The molecule has 0 atom stereocenters. The number of nitrogens with two attached hydrogens (primary N) is 1. The van der Waals surface area contributed by atoms with Gasteiger partial charge in [0, 0.05) is 49.8 Å². The van der Waals surface area contributed by atoms with Gasteiger partial charge in [-0.3, -0.25) is 14.3 Å². The van der Waals surface area contributed by atoms with Crippen molar-refractivity contribution >= 4 is 34.2 Å². The third-order valence-corrected chi connectivity index (χ3v) is 7.87. The number of morpholine rings is 1. The van der Waals surface area contributed by atoms with Crippen molar-refractivity contribution in [3.8, 4) is 0 Å². The third kappa shape index (κ3) is 4.62. The Morgan fingerprint density at radius 3 is 2.44 bits per heavy atom. The van der Waals surface area contributed by atoms with Crippen molar-refractivity contribution in [2.45, 2.75) is 50.6 Å². The second-order valence-corrected chi connectivity index (χ2v) is 10.1. The Balaban J connectivity index is 1.15. The average molecular weight is 491 g/mol. The molecule has 0 radical (unpaired) electrons. The Bertz CT molecular complexity index is 1260. The molecule has 0 aromatic carbocycles. The number of pyridine rings is 2. The topological polar surface area (TPSA) is 114 Å². The number of nitrogens with one attached hydrogen (secondary N) is 1. The molecule has 0 unspecified atom stereocenters. The van der Waals surface area contributed by atoms with E-state index >= 15 is 0 Å². The maximum atomic E-state index is 12.9. The molecule has 2 saturated heterocycles. The number of fused-ring (bicyclic) bond motifs is 1. The molecule has 2 aliphatic heterocycles. The lowest BCUT2D eigenvalue weighted by atomic mass is 10.0. The molecule has 3 N–H and O–H groups in total. The molecule has 10 nitrogen and oxygen atoms in total. The van der Waals surface area contributed by atoms with Crippen LogP contribution >= 0.6 is 0 Å². The summed E-state index contributed by atoms with van der Waals surface area (Å²) in [4.78, 5) is 31.6. The van der Waals surface area contributed by atoms with Gasteiger partial charge < -0.3 is 20.7 Å². The third-order valence-electron chi connectivity index (χ3n) is 7.87. The van der Waals surface area contributed by atoms with Crippen molar-refractivity contribution in [3.05, 3.63) is 40.9 Å². The highest BCUT2D eigenvalue weighted by Gasteiger charge is 2.26. The number of nitrogen functional groups attached to an aromatic ring is 1. The second kappa shape index (κ2) is 10.0. The van der Waals surface area contributed by atoms with E-state index < -0.39 is 0 Å². The molecule has 6 rings (SSSR count). The van der Waals surface area contributed by atoms with Crippen molar-refractivity contribution in [2.24, 2.45) is 0 Å². The van der Waals surface area contributed by atoms with Gasteiger partial charge >= 0.3 is 0 Å². The van der Waals surface area contributed by atoms with Crippen LogP contribution in [0.25, 0.3) is 11.0 Å². The predicted molar refractivity (Wildman–Crippen MR) is 141 cm³/mol. The van der Waals surface area contributed by atoms with E-state index in [1.807, 2.05) is 12.3 Å². The van der Waals surface area contributed by atoms with Crippen molar-refractivity contribution in [3.63, 3.8) is 0 Å². The average Bonchev–Trinajstić information content (AvgIpc) is 3.45. The zero-order valence-corrected chi connectivity index (χ0v) is 20.6. The number of rotatable bonds is 5. The van der Waals surface area contributed by atoms with Crippen molar-refractivity contribution in [1.82, 2.24) is 24.4 Å². The van der Waals surface area contributed by atoms with E-state index in [1.54, 1.807) is 16.8 Å². The molecule has 0 bridgehead atoms. The summed E-state index contributed by atoms with van der Waals surface area (Å²) in [6.45, 7) is 5.87. The number of anilines is 4. The Morgan fingerprint density at radius 2 is 1.72 bits per heavy atom. The fourth-order valence-electron chi connectivity index (χ4n) is 5.90. The highest BCUT2D eigenvalue weighted by atomic mass is 16.5. The largest absolute Gasteiger partial charge is 0.394 e.